The van der Waals surface area contributed by atoms with Gasteiger partial charge in [0.05, 0.1) is 0 Å². The monoisotopic (exact) mass is 332 g/mol. The first kappa shape index (κ1) is 15.6. The van der Waals surface area contributed by atoms with Crippen LogP contribution < -0.4 is 4.90 Å². The van der Waals surface area contributed by atoms with Crippen molar-refractivity contribution in [3.63, 3.8) is 0 Å². The Labute approximate surface area is 140 Å². The third-order valence-corrected chi connectivity index (χ3v) is 5.40. The number of carbonyl (C=O) groups is 2. The number of hydrogen-bond acceptors (Lipinski definition) is 3. The molecule has 3 fully saturated rings. The molecule has 0 N–H and O–H groups in total. The fourth-order valence-corrected chi connectivity index (χ4v) is 4.15. The first-order valence-corrected chi connectivity index (χ1v) is 8.53. The molecule has 128 valence electrons. The van der Waals surface area contributed by atoms with Crippen molar-refractivity contribution in [3.05, 3.63) is 30.1 Å². The zero-order valence-corrected chi connectivity index (χ0v) is 13.5. The van der Waals surface area contributed by atoms with Crippen LogP contribution >= 0.6 is 0 Å². The van der Waals surface area contributed by atoms with Gasteiger partial charge in [-0.3, -0.25) is 9.59 Å². The lowest BCUT2D eigenvalue weighted by Crippen LogP contribution is -2.39. The molecule has 0 aromatic heterocycles. The van der Waals surface area contributed by atoms with Crippen LogP contribution in [0.25, 0.3) is 0 Å². The molecule has 0 aliphatic carbocycles. The molecule has 0 unspecified atom stereocenters. The highest BCUT2D eigenvalue weighted by Crippen LogP contribution is 2.42. The third-order valence-electron chi connectivity index (χ3n) is 5.40. The molecule has 1 spiro atoms. The molecule has 1 aromatic rings. The number of amides is 2. The Morgan fingerprint density at radius 2 is 2.21 bits per heavy atom. The van der Waals surface area contributed by atoms with Crippen LogP contribution in [0.5, 0.6) is 0 Å². The van der Waals surface area contributed by atoms with Gasteiger partial charge in [-0.15, -0.1) is 0 Å². The Morgan fingerprint density at radius 3 is 2.96 bits per heavy atom. The molecule has 3 saturated heterocycles. The van der Waals surface area contributed by atoms with E-state index in [0.29, 0.717) is 38.3 Å². The van der Waals surface area contributed by atoms with Crippen molar-refractivity contribution in [3.8, 4) is 0 Å². The van der Waals surface area contributed by atoms with E-state index in [9.17, 15) is 14.0 Å². The van der Waals surface area contributed by atoms with Crippen molar-refractivity contribution in [1.29, 1.82) is 0 Å². The Morgan fingerprint density at radius 1 is 1.33 bits per heavy atom. The highest BCUT2D eigenvalue weighted by molar-refractivity contribution is 5.96. The number of halogens is 1. The van der Waals surface area contributed by atoms with Gasteiger partial charge in [0.1, 0.15) is 11.9 Å². The summed E-state index contributed by atoms with van der Waals surface area (Å²) in [6.07, 6.45) is 2.64. The van der Waals surface area contributed by atoms with Crippen LogP contribution in [0, 0.1) is 11.2 Å². The zero-order valence-electron chi connectivity index (χ0n) is 13.5. The summed E-state index contributed by atoms with van der Waals surface area (Å²) in [5.41, 5.74) is 0.387. The van der Waals surface area contributed by atoms with Gasteiger partial charge in [0, 0.05) is 43.8 Å². The minimum atomic E-state index is -0.345. The van der Waals surface area contributed by atoms with Crippen molar-refractivity contribution >= 4 is 17.5 Å². The Kier molecular flexibility index (Phi) is 3.79. The SMILES string of the molecule is O=C([C@H]1CCCO1)N1CC[C@@]2(CC(=O)N(c3cccc(F)c3)C2)C1. The summed E-state index contributed by atoms with van der Waals surface area (Å²) < 4.78 is 18.9. The number of ether oxygens (including phenoxy) is 1. The highest BCUT2D eigenvalue weighted by atomic mass is 19.1. The average Bonchev–Trinajstić information content (AvgIpc) is 3.28. The topological polar surface area (TPSA) is 49.9 Å². The molecule has 3 aliphatic heterocycles. The fourth-order valence-electron chi connectivity index (χ4n) is 4.15. The van der Waals surface area contributed by atoms with E-state index in [-0.39, 0.29) is 29.2 Å². The Balaban J connectivity index is 1.47. The molecule has 2 atom stereocenters. The standard InChI is InChI=1S/C18H21FN2O3/c19-13-3-1-4-14(9-13)21-12-18(10-16(21)22)6-7-20(11-18)17(23)15-5-2-8-24-15/h1,3-4,9,15H,2,5-8,10-12H2/t15-,18-/m1/s1. The summed E-state index contributed by atoms with van der Waals surface area (Å²) in [6.45, 7) is 2.46. The quantitative estimate of drug-likeness (QED) is 0.832. The molecule has 2 amide bonds. The third kappa shape index (κ3) is 2.69. The Bertz CT molecular complexity index is 674. The van der Waals surface area contributed by atoms with E-state index in [1.807, 2.05) is 4.90 Å². The van der Waals surface area contributed by atoms with E-state index in [1.54, 1.807) is 17.0 Å². The number of likely N-dealkylation sites (tertiary alicyclic amines) is 1. The molecular formula is C18H21FN2O3. The first-order valence-electron chi connectivity index (χ1n) is 8.53. The van der Waals surface area contributed by atoms with Crippen molar-refractivity contribution in [2.75, 3.05) is 31.1 Å². The minimum absolute atomic E-state index is 0.00650. The van der Waals surface area contributed by atoms with Crippen LogP contribution in [-0.2, 0) is 14.3 Å². The number of anilines is 1. The zero-order chi connectivity index (χ0) is 16.7. The van der Waals surface area contributed by atoms with Crippen molar-refractivity contribution in [2.24, 2.45) is 5.41 Å². The van der Waals surface area contributed by atoms with E-state index >= 15 is 0 Å². The maximum Gasteiger partial charge on any atom is 0.251 e. The van der Waals surface area contributed by atoms with Crippen LogP contribution in [0.2, 0.25) is 0 Å². The van der Waals surface area contributed by atoms with E-state index in [4.69, 9.17) is 4.74 Å². The maximum atomic E-state index is 13.5. The Hall–Kier alpha value is -1.95. The molecular weight excluding hydrogens is 311 g/mol. The van der Waals surface area contributed by atoms with Gasteiger partial charge in [-0.2, -0.15) is 0 Å². The predicted octanol–water partition coefficient (Wildman–Crippen LogP) is 1.96. The van der Waals surface area contributed by atoms with Crippen molar-refractivity contribution in [1.82, 2.24) is 4.90 Å². The largest absolute Gasteiger partial charge is 0.368 e. The summed E-state index contributed by atoms with van der Waals surface area (Å²) in [6, 6.07) is 6.13. The van der Waals surface area contributed by atoms with Gasteiger partial charge in [-0.25, -0.2) is 4.39 Å². The van der Waals surface area contributed by atoms with Crippen molar-refractivity contribution in [2.45, 2.75) is 31.8 Å². The van der Waals surface area contributed by atoms with Gasteiger partial charge in [0.25, 0.3) is 5.91 Å². The molecule has 0 radical (unpaired) electrons. The molecule has 1 aromatic carbocycles. The average molecular weight is 332 g/mol. The van der Waals surface area contributed by atoms with Crippen LogP contribution in [0.3, 0.4) is 0 Å². The van der Waals surface area contributed by atoms with Crippen molar-refractivity contribution < 1.29 is 18.7 Å². The molecule has 3 heterocycles. The summed E-state index contributed by atoms with van der Waals surface area (Å²) in [7, 11) is 0. The van der Waals surface area contributed by atoms with E-state index in [1.165, 1.54) is 12.1 Å². The molecule has 0 bridgehead atoms. The van der Waals surface area contributed by atoms with Gasteiger partial charge in [0.15, 0.2) is 0 Å². The lowest BCUT2D eigenvalue weighted by Gasteiger charge is -2.25. The van der Waals surface area contributed by atoms with Crippen LogP contribution in [0.4, 0.5) is 10.1 Å². The van der Waals surface area contributed by atoms with Gasteiger partial charge in [0.2, 0.25) is 5.91 Å². The van der Waals surface area contributed by atoms with Gasteiger partial charge < -0.3 is 14.5 Å². The molecule has 3 aliphatic rings. The second-order valence-corrected chi connectivity index (χ2v) is 7.15. The summed E-state index contributed by atoms with van der Waals surface area (Å²) in [5.74, 6) is -0.282. The summed E-state index contributed by atoms with van der Waals surface area (Å²) in [4.78, 5) is 28.5. The molecule has 0 saturated carbocycles. The first-order chi connectivity index (χ1) is 11.6. The number of benzene rings is 1. The molecule has 6 heteroatoms. The number of nitrogens with zero attached hydrogens (tertiary/aromatic N) is 2. The van der Waals surface area contributed by atoms with Gasteiger partial charge in [-0.1, -0.05) is 6.07 Å². The number of carbonyl (C=O) groups excluding carboxylic acids is 2. The van der Waals surface area contributed by atoms with Crippen LogP contribution in [0.1, 0.15) is 25.7 Å². The smallest absolute Gasteiger partial charge is 0.251 e. The second-order valence-electron chi connectivity index (χ2n) is 7.15. The summed E-state index contributed by atoms with van der Waals surface area (Å²) >= 11 is 0. The second kappa shape index (κ2) is 5.84. The lowest BCUT2D eigenvalue weighted by molar-refractivity contribution is -0.140. The molecule has 5 nitrogen and oxygen atoms in total. The number of rotatable bonds is 2. The van der Waals surface area contributed by atoms with Crippen LogP contribution in [0.15, 0.2) is 24.3 Å². The minimum Gasteiger partial charge on any atom is -0.368 e. The normalized spacial score (nSPS) is 29.9. The predicted molar refractivity (Wildman–Crippen MR) is 86.0 cm³/mol. The molecule has 4 rings (SSSR count). The van der Waals surface area contributed by atoms with E-state index < -0.39 is 0 Å². The summed E-state index contributed by atoms with van der Waals surface area (Å²) in [5, 5.41) is 0. The van der Waals surface area contributed by atoms with Gasteiger partial charge in [-0.05, 0) is 37.5 Å². The lowest BCUT2D eigenvalue weighted by atomic mass is 9.86. The maximum absolute atomic E-state index is 13.5. The van der Waals surface area contributed by atoms with E-state index in [2.05, 4.69) is 0 Å². The number of hydrogen-bond donors (Lipinski definition) is 0. The molecule has 24 heavy (non-hydrogen) atoms. The van der Waals surface area contributed by atoms with Gasteiger partial charge >= 0.3 is 0 Å². The van der Waals surface area contributed by atoms with Crippen LogP contribution in [-0.4, -0.2) is 49.1 Å². The highest BCUT2D eigenvalue weighted by Gasteiger charge is 2.49. The fraction of sp³-hybridized carbons (Fsp3) is 0.556. The van der Waals surface area contributed by atoms with E-state index in [0.717, 1.165) is 19.3 Å².